The van der Waals surface area contributed by atoms with Crippen molar-refractivity contribution in [2.75, 3.05) is 25.9 Å². The third-order valence-electron chi connectivity index (χ3n) is 9.33. The van der Waals surface area contributed by atoms with Crippen LogP contribution >= 0.6 is 10.0 Å². The molecule has 35 heavy (non-hydrogen) atoms. The highest BCUT2D eigenvalue weighted by Gasteiger charge is 2.52. The molecule has 5 heteroatoms. The van der Waals surface area contributed by atoms with Crippen LogP contribution in [0.15, 0.2) is 36.4 Å². The van der Waals surface area contributed by atoms with E-state index in [9.17, 15) is 4.79 Å². The quantitative estimate of drug-likeness (QED) is 0.439. The lowest BCUT2D eigenvalue weighted by atomic mass is 9.57. The molecule has 2 aromatic rings. The Kier molecular flexibility index (Phi) is 6.86. The first-order valence-electron chi connectivity index (χ1n) is 13.4. The van der Waals surface area contributed by atoms with E-state index in [0.717, 1.165) is 56.1 Å². The van der Waals surface area contributed by atoms with Gasteiger partial charge >= 0.3 is 5.97 Å². The number of hydrogen-bond donors (Lipinski definition) is 1. The van der Waals surface area contributed by atoms with Gasteiger partial charge in [-0.1, -0.05) is 18.2 Å². The summed E-state index contributed by atoms with van der Waals surface area (Å²) in [5.41, 5.74) is 1.28. The first kappa shape index (κ1) is 25.0. The van der Waals surface area contributed by atoms with Crippen LogP contribution in [-0.2, 0) is 16.1 Å². The van der Waals surface area contributed by atoms with Gasteiger partial charge in [0.2, 0.25) is 0 Å². The van der Waals surface area contributed by atoms with Gasteiger partial charge in [-0.2, -0.15) is 0 Å². The van der Waals surface area contributed by atoms with Crippen molar-refractivity contribution in [2.45, 2.75) is 87.6 Å². The summed E-state index contributed by atoms with van der Waals surface area (Å²) >= 11 is 0. The Morgan fingerprint density at radius 3 is 2.17 bits per heavy atom. The highest BCUT2D eigenvalue weighted by atomic mass is 32.3. The lowest BCUT2D eigenvalue weighted by molar-refractivity contribution is -0.160. The van der Waals surface area contributed by atoms with Crippen LogP contribution < -0.4 is 10.1 Å². The minimum absolute atomic E-state index is 0.00210. The van der Waals surface area contributed by atoms with Gasteiger partial charge in [0.1, 0.15) is 5.75 Å². The van der Waals surface area contributed by atoms with E-state index in [-0.39, 0.29) is 16.9 Å². The average Bonchev–Trinajstić information content (AvgIpc) is 2.88. The molecule has 4 aliphatic rings. The largest absolute Gasteiger partial charge is 0.490 e. The van der Waals surface area contributed by atoms with Gasteiger partial charge in [0, 0.05) is 12.1 Å². The summed E-state index contributed by atoms with van der Waals surface area (Å²) in [7, 11) is 1.07. The van der Waals surface area contributed by atoms with Crippen LogP contribution in [0.25, 0.3) is 10.8 Å². The fourth-order valence-corrected chi connectivity index (χ4v) is 8.46. The highest BCUT2D eigenvalue weighted by Crippen LogP contribution is 2.53. The van der Waals surface area contributed by atoms with Crippen molar-refractivity contribution in [2.24, 2.45) is 5.41 Å². The smallest absolute Gasteiger partial charge is 0.311 e. The summed E-state index contributed by atoms with van der Waals surface area (Å²) in [5.74, 6) is 1.01. The lowest BCUT2D eigenvalue weighted by Crippen LogP contribution is -2.56. The first-order chi connectivity index (χ1) is 16.7. The van der Waals surface area contributed by atoms with Crippen LogP contribution in [0, 0.1) is 5.41 Å². The fraction of sp³-hybridized carbons (Fsp3) is 0.633. The number of carbonyl (C=O) groups excluding carboxylic acids is 1. The molecule has 4 aliphatic carbocycles. The summed E-state index contributed by atoms with van der Waals surface area (Å²) in [6.45, 7) is 0.873. The molecule has 0 aliphatic heterocycles. The van der Waals surface area contributed by atoms with Gasteiger partial charge < -0.3 is 14.8 Å². The molecule has 0 heterocycles. The molecule has 4 fully saturated rings. The zero-order chi connectivity index (χ0) is 24.7. The molecule has 0 atom stereocenters. The zero-order valence-electron chi connectivity index (χ0n) is 22.0. The van der Waals surface area contributed by atoms with Crippen LogP contribution in [0.1, 0.15) is 69.8 Å². The molecule has 4 saturated carbocycles. The van der Waals surface area contributed by atoms with Gasteiger partial charge in [-0.3, -0.25) is 4.79 Å². The van der Waals surface area contributed by atoms with E-state index in [1.807, 2.05) is 0 Å². The van der Waals surface area contributed by atoms with E-state index >= 15 is 0 Å². The molecule has 0 spiro atoms. The molecule has 0 amide bonds. The molecule has 2 aromatic carbocycles. The van der Waals surface area contributed by atoms with Crippen molar-refractivity contribution in [1.82, 2.24) is 5.32 Å². The second-order valence-corrected chi connectivity index (χ2v) is 16.7. The molecule has 0 radical (unpaired) electrons. The summed E-state index contributed by atoms with van der Waals surface area (Å²) in [6.07, 6.45) is 18.7. The van der Waals surface area contributed by atoms with Gasteiger partial charge in [0.05, 0.1) is 18.6 Å². The van der Waals surface area contributed by atoms with Crippen molar-refractivity contribution >= 4 is 26.8 Å². The molecule has 4 nitrogen and oxygen atoms in total. The van der Waals surface area contributed by atoms with E-state index in [1.165, 1.54) is 49.1 Å². The van der Waals surface area contributed by atoms with E-state index < -0.39 is 10.0 Å². The molecule has 6 rings (SSSR count). The highest BCUT2D eigenvalue weighted by molar-refractivity contribution is 8.32. The van der Waals surface area contributed by atoms with Crippen molar-refractivity contribution in [3.05, 3.63) is 42.0 Å². The Labute approximate surface area is 212 Å². The van der Waals surface area contributed by atoms with Gasteiger partial charge in [0.25, 0.3) is 0 Å². The van der Waals surface area contributed by atoms with Crippen LogP contribution in [-0.4, -0.2) is 48.7 Å². The maximum absolute atomic E-state index is 12.3. The minimum atomic E-state index is -0.457. The standard InChI is InChI=1S/C30H43NO3S/c1-33-28(32)29-13-16-30(17-14-29,18-15-29)31-21-22-5-6-24-20-26(8-7-23(24)19-22)34-25-9-11-27(12-10-25)35(2,3)4/h5-8,19-20,25,27,31H,9-18,21H2,1-4H3. The van der Waals surface area contributed by atoms with Crippen LogP contribution in [0.3, 0.4) is 0 Å². The summed E-state index contributed by atoms with van der Waals surface area (Å²) in [4.78, 5) is 12.3. The number of rotatable bonds is 7. The van der Waals surface area contributed by atoms with E-state index in [1.54, 1.807) is 0 Å². The average molecular weight is 498 g/mol. The van der Waals surface area contributed by atoms with Crippen molar-refractivity contribution in [3.8, 4) is 5.75 Å². The third-order valence-corrected chi connectivity index (χ3v) is 11.8. The number of hydrogen-bond acceptors (Lipinski definition) is 4. The van der Waals surface area contributed by atoms with Gasteiger partial charge in [0.15, 0.2) is 0 Å². The van der Waals surface area contributed by atoms with Crippen LogP contribution in [0.2, 0.25) is 0 Å². The maximum Gasteiger partial charge on any atom is 0.311 e. The Morgan fingerprint density at radius 2 is 1.54 bits per heavy atom. The molecule has 192 valence electrons. The van der Waals surface area contributed by atoms with Crippen molar-refractivity contribution in [1.29, 1.82) is 0 Å². The summed E-state index contributed by atoms with van der Waals surface area (Å²) in [5, 5.41) is 7.29. The van der Waals surface area contributed by atoms with Gasteiger partial charge in [-0.05, 0) is 123 Å². The molecule has 2 bridgehead atoms. The van der Waals surface area contributed by atoms with E-state index in [2.05, 4.69) is 60.5 Å². The number of methoxy groups -OCH3 is 1. The number of ether oxygens (including phenoxy) is 2. The topological polar surface area (TPSA) is 47.6 Å². The predicted molar refractivity (Wildman–Crippen MR) is 148 cm³/mol. The zero-order valence-corrected chi connectivity index (χ0v) is 22.8. The fourth-order valence-electron chi connectivity index (χ4n) is 6.77. The third kappa shape index (κ3) is 5.22. The number of esters is 1. The lowest BCUT2D eigenvalue weighted by Gasteiger charge is -2.52. The molecule has 1 N–H and O–H groups in total. The Morgan fingerprint density at radius 1 is 0.914 bits per heavy atom. The van der Waals surface area contributed by atoms with Crippen LogP contribution in [0.4, 0.5) is 0 Å². The SMILES string of the molecule is COC(=O)C12CCC(NCc3ccc4cc(OC5CCC(S(C)(C)C)CC5)ccc4c3)(CC1)CC2. The number of benzene rings is 2. The number of fused-ring (bicyclic) bond motifs is 4. The number of carbonyl (C=O) groups is 1. The van der Waals surface area contributed by atoms with Crippen molar-refractivity contribution < 1.29 is 14.3 Å². The van der Waals surface area contributed by atoms with Crippen molar-refractivity contribution in [3.63, 3.8) is 0 Å². The second kappa shape index (κ2) is 9.63. The Balaban J connectivity index is 1.17. The Bertz CT molecular complexity index is 1040. The van der Waals surface area contributed by atoms with Crippen LogP contribution in [0.5, 0.6) is 5.75 Å². The second-order valence-electron chi connectivity index (χ2n) is 12.2. The summed E-state index contributed by atoms with van der Waals surface area (Å²) in [6, 6.07) is 13.4. The molecular weight excluding hydrogens is 454 g/mol. The molecular formula is C30H43NO3S. The number of nitrogens with one attached hydrogen (secondary N) is 1. The minimum Gasteiger partial charge on any atom is -0.490 e. The van der Waals surface area contributed by atoms with Gasteiger partial charge in [-0.25, -0.2) is 10.0 Å². The first-order valence-corrected chi connectivity index (χ1v) is 16.3. The molecule has 0 unspecified atom stereocenters. The van der Waals surface area contributed by atoms with E-state index in [4.69, 9.17) is 9.47 Å². The Hall–Kier alpha value is -1.72. The maximum atomic E-state index is 12.3. The van der Waals surface area contributed by atoms with E-state index in [0.29, 0.717) is 6.10 Å². The predicted octanol–water partition coefficient (Wildman–Crippen LogP) is 6.58. The molecule has 0 saturated heterocycles. The normalized spacial score (nSPS) is 31.3. The summed E-state index contributed by atoms with van der Waals surface area (Å²) < 4.78 is 11.5. The monoisotopic (exact) mass is 497 g/mol. The molecule has 0 aromatic heterocycles. The van der Waals surface area contributed by atoms with Gasteiger partial charge in [-0.15, -0.1) is 0 Å².